The lowest BCUT2D eigenvalue weighted by atomic mass is 10.2. The Labute approximate surface area is 114 Å². The van der Waals surface area contributed by atoms with Gasteiger partial charge in [0.25, 0.3) is 5.69 Å². The molecule has 0 fully saturated rings. The third kappa shape index (κ3) is 4.23. The maximum absolute atomic E-state index is 10.6. The Hall–Kier alpha value is -1.21. The van der Waals surface area contributed by atoms with Crippen LogP contribution >= 0.6 is 15.9 Å². The topological polar surface area (TPSA) is 79.5 Å². The summed E-state index contributed by atoms with van der Waals surface area (Å²) < 4.78 is 0.612. The fourth-order valence-corrected chi connectivity index (χ4v) is 2.18. The van der Waals surface area contributed by atoms with Crippen LogP contribution in [0.2, 0.25) is 0 Å². The Morgan fingerprint density at radius 2 is 2.22 bits per heavy atom. The van der Waals surface area contributed by atoms with Gasteiger partial charge >= 0.3 is 0 Å². The minimum atomic E-state index is -0.469. The number of nitro groups is 1. The van der Waals surface area contributed by atoms with Gasteiger partial charge in [0, 0.05) is 26.3 Å². The number of aliphatic hydroxyl groups is 1. The van der Waals surface area contributed by atoms with Crippen molar-refractivity contribution in [1.29, 1.82) is 0 Å². The van der Waals surface area contributed by atoms with Crippen molar-refractivity contribution in [2.75, 3.05) is 25.1 Å². The number of unbranched alkanes of at least 4 members (excludes halogenated alkanes) is 2. The van der Waals surface area contributed by atoms with Crippen molar-refractivity contribution in [2.24, 2.45) is 0 Å². The van der Waals surface area contributed by atoms with Gasteiger partial charge in [-0.25, -0.2) is 4.98 Å². The van der Waals surface area contributed by atoms with Crippen molar-refractivity contribution >= 4 is 27.4 Å². The first-order valence-corrected chi connectivity index (χ1v) is 6.47. The zero-order valence-corrected chi connectivity index (χ0v) is 11.8. The summed E-state index contributed by atoms with van der Waals surface area (Å²) in [7, 11) is 1.89. The monoisotopic (exact) mass is 317 g/mol. The third-order valence-corrected chi connectivity index (χ3v) is 3.11. The number of aromatic nitrogens is 1. The molecular weight excluding hydrogens is 302 g/mol. The Bertz CT molecular complexity index is 415. The largest absolute Gasteiger partial charge is 0.396 e. The quantitative estimate of drug-likeness (QED) is 0.474. The lowest BCUT2D eigenvalue weighted by molar-refractivity contribution is -0.385. The first-order chi connectivity index (χ1) is 8.56. The number of anilines is 1. The maximum atomic E-state index is 10.6. The van der Waals surface area contributed by atoms with Crippen molar-refractivity contribution < 1.29 is 10.0 Å². The molecule has 100 valence electrons. The summed E-state index contributed by atoms with van der Waals surface area (Å²) in [6.45, 7) is 1.01. The van der Waals surface area contributed by atoms with E-state index in [0.29, 0.717) is 10.3 Å². The van der Waals surface area contributed by atoms with E-state index in [4.69, 9.17) is 5.11 Å². The molecule has 0 aliphatic carbocycles. The molecule has 0 saturated carbocycles. The summed E-state index contributed by atoms with van der Waals surface area (Å²) in [6, 6.07) is 1.45. The lowest BCUT2D eigenvalue weighted by Crippen LogP contribution is -2.20. The van der Waals surface area contributed by atoms with Gasteiger partial charge in [-0.1, -0.05) is 0 Å². The molecule has 1 heterocycles. The fraction of sp³-hybridized carbons (Fsp3) is 0.545. The second-order valence-corrected chi connectivity index (χ2v) is 4.82. The molecule has 0 atom stereocenters. The van der Waals surface area contributed by atoms with Crippen molar-refractivity contribution in [2.45, 2.75) is 19.3 Å². The van der Waals surface area contributed by atoms with E-state index in [1.54, 1.807) is 0 Å². The molecule has 6 nitrogen and oxygen atoms in total. The first-order valence-electron chi connectivity index (χ1n) is 5.68. The van der Waals surface area contributed by atoms with Crippen LogP contribution in [0, 0.1) is 10.1 Å². The molecule has 7 heteroatoms. The smallest absolute Gasteiger partial charge is 0.288 e. The molecule has 0 aromatic carbocycles. The van der Waals surface area contributed by atoms with E-state index < -0.39 is 4.92 Å². The van der Waals surface area contributed by atoms with Crippen molar-refractivity contribution in [3.05, 3.63) is 26.9 Å². The van der Waals surface area contributed by atoms with Gasteiger partial charge in [0.2, 0.25) is 0 Å². The van der Waals surface area contributed by atoms with E-state index in [9.17, 15) is 10.1 Å². The van der Waals surface area contributed by atoms with Crippen molar-refractivity contribution in [3.8, 4) is 0 Å². The molecule has 0 aliphatic heterocycles. The molecule has 0 aliphatic rings. The first kappa shape index (κ1) is 14.8. The fourth-order valence-electron chi connectivity index (χ4n) is 1.54. The van der Waals surface area contributed by atoms with Crippen LogP contribution in [-0.2, 0) is 0 Å². The average molecular weight is 318 g/mol. The number of rotatable bonds is 7. The van der Waals surface area contributed by atoms with Crippen LogP contribution in [0.25, 0.3) is 0 Å². The van der Waals surface area contributed by atoms with Crippen LogP contribution in [-0.4, -0.2) is 35.2 Å². The molecule has 1 N–H and O–H groups in total. The third-order valence-electron chi connectivity index (χ3n) is 2.53. The Morgan fingerprint density at radius 3 is 2.78 bits per heavy atom. The molecule has 0 amide bonds. The molecule has 1 aromatic heterocycles. The van der Waals surface area contributed by atoms with Crippen LogP contribution in [0.1, 0.15) is 19.3 Å². The summed E-state index contributed by atoms with van der Waals surface area (Å²) in [5, 5.41) is 19.3. The summed E-state index contributed by atoms with van der Waals surface area (Å²) >= 11 is 3.29. The summed E-state index contributed by atoms with van der Waals surface area (Å²) in [5.41, 5.74) is -0.0284. The summed E-state index contributed by atoms with van der Waals surface area (Å²) in [6.07, 6.45) is 3.95. The van der Waals surface area contributed by atoms with Gasteiger partial charge in [-0.15, -0.1) is 0 Å². The highest BCUT2D eigenvalue weighted by Gasteiger charge is 2.13. The van der Waals surface area contributed by atoms with Crippen LogP contribution in [0.4, 0.5) is 11.5 Å². The highest BCUT2D eigenvalue weighted by molar-refractivity contribution is 9.10. The molecule has 18 heavy (non-hydrogen) atoms. The number of halogens is 1. The maximum Gasteiger partial charge on any atom is 0.288 e. The van der Waals surface area contributed by atoms with Crippen molar-refractivity contribution in [1.82, 2.24) is 4.98 Å². The van der Waals surface area contributed by atoms with E-state index in [2.05, 4.69) is 20.9 Å². The molecule has 0 bridgehead atoms. The highest BCUT2D eigenvalue weighted by atomic mass is 79.9. The predicted octanol–water partition coefficient (Wildman–Crippen LogP) is 2.35. The van der Waals surface area contributed by atoms with Crippen LogP contribution < -0.4 is 4.90 Å². The zero-order chi connectivity index (χ0) is 13.5. The minimum absolute atomic E-state index is 0.0284. The lowest BCUT2D eigenvalue weighted by Gasteiger charge is -2.18. The highest BCUT2D eigenvalue weighted by Crippen LogP contribution is 2.26. The predicted molar refractivity (Wildman–Crippen MR) is 72.8 cm³/mol. The van der Waals surface area contributed by atoms with E-state index in [0.717, 1.165) is 25.8 Å². The zero-order valence-electron chi connectivity index (χ0n) is 10.2. The van der Waals surface area contributed by atoms with Crippen LogP contribution in [0.15, 0.2) is 16.7 Å². The second kappa shape index (κ2) is 7.27. The average Bonchev–Trinajstić information content (AvgIpc) is 2.34. The second-order valence-electron chi connectivity index (χ2n) is 3.96. The van der Waals surface area contributed by atoms with Gasteiger partial charge in [-0.3, -0.25) is 10.1 Å². The Kier molecular flexibility index (Phi) is 6.00. The van der Waals surface area contributed by atoms with Crippen molar-refractivity contribution in [3.63, 3.8) is 0 Å². The van der Waals surface area contributed by atoms with Crippen LogP contribution in [0.5, 0.6) is 0 Å². The number of hydrogen-bond acceptors (Lipinski definition) is 5. The Balaban J connectivity index is 2.62. The summed E-state index contributed by atoms with van der Waals surface area (Å²) in [4.78, 5) is 16.1. The number of nitrogens with zero attached hydrogens (tertiary/aromatic N) is 3. The molecule has 0 saturated heterocycles. The minimum Gasteiger partial charge on any atom is -0.396 e. The molecule has 0 unspecified atom stereocenters. The Morgan fingerprint density at radius 1 is 1.50 bits per heavy atom. The number of hydrogen-bond donors (Lipinski definition) is 1. The molecular formula is C11H16BrN3O3. The number of pyridine rings is 1. The molecule has 0 radical (unpaired) electrons. The van der Waals surface area contributed by atoms with Gasteiger partial charge in [0.1, 0.15) is 12.0 Å². The van der Waals surface area contributed by atoms with Gasteiger partial charge in [-0.2, -0.15) is 0 Å². The van der Waals surface area contributed by atoms with E-state index >= 15 is 0 Å². The van der Waals surface area contributed by atoms with E-state index in [-0.39, 0.29) is 12.3 Å². The van der Waals surface area contributed by atoms with Gasteiger partial charge in [-0.05, 0) is 35.2 Å². The molecule has 1 aromatic rings. The van der Waals surface area contributed by atoms with Gasteiger partial charge in [0.05, 0.1) is 9.40 Å². The molecule has 0 spiro atoms. The molecule has 1 rings (SSSR count). The van der Waals surface area contributed by atoms with Gasteiger partial charge in [0.15, 0.2) is 0 Å². The van der Waals surface area contributed by atoms with Gasteiger partial charge < -0.3 is 10.0 Å². The standard InChI is InChI=1S/C11H16BrN3O3/c1-14(5-3-2-4-6-16)11-10(12)7-9(8-13-11)15(17)18/h7-8,16H,2-6H2,1H3. The normalized spacial score (nSPS) is 10.4. The van der Waals surface area contributed by atoms with E-state index in [1.807, 2.05) is 11.9 Å². The van der Waals surface area contributed by atoms with E-state index in [1.165, 1.54) is 12.3 Å². The van der Waals surface area contributed by atoms with Crippen LogP contribution in [0.3, 0.4) is 0 Å². The SMILES string of the molecule is CN(CCCCCO)c1ncc([N+](=O)[O-])cc1Br. The summed E-state index contributed by atoms with van der Waals surface area (Å²) in [5.74, 6) is 0.685. The number of aliphatic hydroxyl groups excluding tert-OH is 1.